The molecule has 0 saturated heterocycles. The molecule has 3 aromatic rings. The first-order valence-corrected chi connectivity index (χ1v) is 14.3. The number of ketones is 1. The predicted molar refractivity (Wildman–Crippen MR) is 165 cm³/mol. The Labute approximate surface area is 276 Å². The molecule has 0 aliphatic rings. The number of aliphatic carboxylic acids is 2. The van der Waals surface area contributed by atoms with Crippen LogP contribution in [0.4, 0.5) is 0 Å². The van der Waals surface area contributed by atoms with Gasteiger partial charge in [-0.1, -0.05) is 88.9 Å². The van der Waals surface area contributed by atoms with E-state index in [1.807, 2.05) is 30.3 Å². The lowest BCUT2D eigenvalue weighted by molar-refractivity contribution is -0.147. The van der Waals surface area contributed by atoms with Crippen molar-refractivity contribution in [1.82, 2.24) is 5.32 Å². The maximum absolute atomic E-state index is 12.0. The van der Waals surface area contributed by atoms with E-state index in [1.54, 1.807) is 12.1 Å². The van der Waals surface area contributed by atoms with Crippen LogP contribution in [-0.4, -0.2) is 65.0 Å². The normalized spacial score (nSPS) is 10.8. The Hall–Kier alpha value is -4.16. The molecule has 3 aromatic carbocycles. The lowest BCUT2D eigenvalue weighted by Gasteiger charge is -2.12. The Balaban J connectivity index is 0.000000330. The predicted octanol–water partition coefficient (Wildman–Crippen LogP) is 5.55. The number of carboxylic acids is 2. The lowest BCUT2D eigenvalue weighted by Crippen LogP contribution is -2.42. The fraction of sp³-hybridized carbons (Fsp3) is 0.200. The second-order valence-electron chi connectivity index (χ2n) is 8.93. The first-order valence-electron chi connectivity index (χ1n) is 12.8. The van der Waals surface area contributed by atoms with Gasteiger partial charge in [-0.15, -0.1) is 0 Å². The SMILES string of the molecule is O=C(COC(=O)c1c(Cl)cccc1Cl)COC(=O)c1c(Cl)cccc1Cl.O=C(O)C[C@H](NC(=O)CCc1ccccc1)C(=O)O. The van der Waals surface area contributed by atoms with Gasteiger partial charge in [0.15, 0.2) is 13.2 Å². The van der Waals surface area contributed by atoms with Gasteiger partial charge >= 0.3 is 23.9 Å². The number of carbonyl (C=O) groups excluding carboxylic acids is 4. The number of aryl methyl sites for hydroxylation is 1. The number of hydrogen-bond acceptors (Lipinski definition) is 8. The van der Waals surface area contributed by atoms with Gasteiger partial charge in [-0.3, -0.25) is 14.4 Å². The minimum Gasteiger partial charge on any atom is -0.481 e. The van der Waals surface area contributed by atoms with Crippen LogP contribution in [0.2, 0.25) is 20.1 Å². The molecular weight excluding hydrogens is 676 g/mol. The quantitative estimate of drug-likeness (QED) is 0.192. The maximum Gasteiger partial charge on any atom is 0.341 e. The highest BCUT2D eigenvalue weighted by Crippen LogP contribution is 2.26. The van der Waals surface area contributed by atoms with E-state index in [9.17, 15) is 28.8 Å². The average Bonchev–Trinajstić information content (AvgIpc) is 2.98. The summed E-state index contributed by atoms with van der Waals surface area (Å²) in [5, 5.41) is 19.9. The molecule has 0 radical (unpaired) electrons. The summed E-state index contributed by atoms with van der Waals surface area (Å²) < 4.78 is 9.67. The number of halogens is 4. The number of benzene rings is 3. The third-order valence-corrected chi connectivity index (χ3v) is 6.82. The van der Waals surface area contributed by atoms with Gasteiger partial charge in [0.1, 0.15) is 6.04 Å². The number of esters is 2. The van der Waals surface area contributed by atoms with Gasteiger partial charge in [-0.25, -0.2) is 14.4 Å². The van der Waals surface area contributed by atoms with Crippen LogP contribution in [0.1, 0.15) is 39.1 Å². The molecule has 0 aliphatic heterocycles. The van der Waals surface area contributed by atoms with Crippen LogP contribution < -0.4 is 5.32 Å². The van der Waals surface area contributed by atoms with Crippen molar-refractivity contribution in [1.29, 1.82) is 0 Å². The van der Waals surface area contributed by atoms with Gasteiger partial charge in [0, 0.05) is 6.42 Å². The fourth-order valence-electron chi connectivity index (χ4n) is 3.41. The first-order chi connectivity index (χ1) is 21.3. The minimum atomic E-state index is -1.39. The van der Waals surface area contributed by atoms with Crippen LogP contribution in [0, 0.1) is 0 Å². The first kappa shape index (κ1) is 37.0. The van der Waals surface area contributed by atoms with E-state index < -0.39 is 61.2 Å². The number of rotatable bonds is 13. The van der Waals surface area contributed by atoms with Gasteiger partial charge in [-0.05, 0) is 36.2 Å². The highest BCUT2D eigenvalue weighted by atomic mass is 35.5. The number of amides is 1. The summed E-state index contributed by atoms with van der Waals surface area (Å²) in [6.45, 7) is -1.24. The molecule has 0 bridgehead atoms. The standard InChI is InChI=1S/C17H10Cl4O5.C13H15NO5/c18-10-3-1-4-11(19)14(10)16(23)25-7-9(22)8-26-17(24)15-12(20)5-2-6-13(15)21;15-11(7-6-9-4-2-1-3-5-9)14-10(13(18)19)8-12(16)17/h1-6H,7-8H2;1-5,10H,6-8H2,(H,14,15)(H,16,17)(H,18,19)/t;10-/m.0/s1. The second-order valence-corrected chi connectivity index (χ2v) is 10.6. The van der Waals surface area contributed by atoms with Crippen LogP contribution >= 0.6 is 46.4 Å². The zero-order chi connectivity index (χ0) is 33.5. The molecule has 45 heavy (non-hydrogen) atoms. The molecule has 0 spiro atoms. The molecule has 0 heterocycles. The van der Waals surface area contributed by atoms with Crippen LogP contribution in [0.25, 0.3) is 0 Å². The summed E-state index contributed by atoms with van der Waals surface area (Å²) in [5.41, 5.74) is 0.856. The molecule has 0 aromatic heterocycles. The topological polar surface area (TPSA) is 173 Å². The summed E-state index contributed by atoms with van der Waals surface area (Å²) in [6.07, 6.45) is -0.0358. The van der Waals surface area contributed by atoms with E-state index in [-0.39, 0.29) is 37.6 Å². The van der Waals surface area contributed by atoms with Crippen molar-refractivity contribution in [3.05, 3.63) is 104 Å². The summed E-state index contributed by atoms with van der Waals surface area (Å²) >= 11 is 23.5. The number of hydrogen-bond donors (Lipinski definition) is 3. The Bertz CT molecular complexity index is 1440. The molecule has 238 valence electrons. The number of carbonyl (C=O) groups is 6. The molecule has 15 heteroatoms. The molecule has 0 fully saturated rings. The zero-order valence-electron chi connectivity index (χ0n) is 23.1. The fourth-order valence-corrected chi connectivity index (χ4v) is 4.51. The number of nitrogens with one attached hydrogen (secondary N) is 1. The average molecular weight is 701 g/mol. The van der Waals surface area contributed by atoms with E-state index in [1.165, 1.54) is 24.3 Å². The van der Waals surface area contributed by atoms with E-state index >= 15 is 0 Å². The van der Waals surface area contributed by atoms with Gasteiger partial charge < -0.3 is 25.0 Å². The highest BCUT2D eigenvalue weighted by molar-refractivity contribution is 6.40. The zero-order valence-corrected chi connectivity index (χ0v) is 26.2. The number of carboxylic acid groups (broad SMARTS) is 2. The second kappa shape index (κ2) is 18.6. The number of Topliss-reactive ketones (excluding diaryl/α,β-unsaturated/α-hetero) is 1. The Morgan fingerprint density at radius 3 is 1.51 bits per heavy atom. The highest BCUT2D eigenvalue weighted by Gasteiger charge is 2.23. The van der Waals surface area contributed by atoms with E-state index in [4.69, 9.17) is 66.1 Å². The molecule has 1 atom stereocenters. The molecule has 0 aliphatic carbocycles. The molecule has 1 amide bonds. The largest absolute Gasteiger partial charge is 0.481 e. The van der Waals surface area contributed by atoms with Crippen LogP contribution in [0.3, 0.4) is 0 Å². The van der Waals surface area contributed by atoms with Crippen LogP contribution in [0.15, 0.2) is 66.7 Å². The van der Waals surface area contributed by atoms with Gasteiger partial charge in [-0.2, -0.15) is 0 Å². The molecule has 11 nitrogen and oxygen atoms in total. The smallest absolute Gasteiger partial charge is 0.341 e. The molecular formula is C30H25Cl4NO10. The summed E-state index contributed by atoms with van der Waals surface area (Å²) in [5.74, 6) is -5.48. The van der Waals surface area contributed by atoms with Crippen LogP contribution in [0.5, 0.6) is 0 Å². The minimum absolute atomic E-state index is 0.0523. The van der Waals surface area contributed by atoms with E-state index in [0.29, 0.717) is 6.42 Å². The Morgan fingerprint density at radius 1 is 0.667 bits per heavy atom. The van der Waals surface area contributed by atoms with Crippen molar-refractivity contribution in [2.24, 2.45) is 0 Å². The summed E-state index contributed by atoms with van der Waals surface area (Å²) in [7, 11) is 0. The molecule has 3 rings (SSSR count). The lowest BCUT2D eigenvalue weighted by atomic mass is 10.1. The molecule has 3 N–H and O–H groups in total. The third kappa shape index (κ3) is 12.8. The molecule has 0 unspecified atom stereocenters. The van der Waals surface area contributed by atoms with Crippen LogP contribution in [-0.2, 0) is 35.1 Å². The maximum atomic E-state index is 12.0. The summed E-state index contributed by atoms with van der Waals surface area (Å²) in [4.78, 5) is 68.4. The monoisotopic (exact) mass is 699 g/mol. The van der Waals surface area contributed by atoms with Crippen molar-refractivity contribution in [2.45, 2.75) is 25.3 Å². The van der Waals surface area contributed by atoms with Crippen molar-refractivity contribution < 1.29 is 48.5 Å². The van der Waals surface area contributed by atoms with E-state index in [0.717, 1.165) is 5.56 Å². The van der Waals surface area contributed by atoms with Gasteiger partial charge in [0.25, 0.3) is 0 Å². The third-order valence-electron chi connectivity index (χ3n) is 5.56. The summed E-state index contributed by atoms with van der Waals surface area (Å²) in [6, 6.07) is 16.8. The van der Waals surface area contributed by atoms with Gasteiger partial charge in [0.05, 0.1) is 37.6 Å². The van der Waals surface area contributed by atoms with Crippen molar-refractivity contribution in [3.8, 4) is 0 Å². The Morgan fingerprint density at radius 2 is 1.11 bits per heavy atom. The van der Waals surface area contributed by atoms with Crippen molar-refractivity contribution >= 4 is 82.0 Å². The Kier molecular flexibility index (Phi) is 15.3. The van der Waals surface area contributed by atoms with Crippen molar-refractivity contribution in [3.63, 3.8) is 0 Å². The van der Waals surface area contributed by atoms with Gasteiger partial charge in [0.2, 0.25) is 11.7 Å². The molecule has 0 saturated carbocycles. The number of ether oxygens (including phenoxy) is 2. The van der Waals surface area contributed by atoms with Crippen molar-refractivity contribution in [2.75, 3.05) is 13.2 Å². The van der Waals surface area contributed by atoms with E-state index in [2.05, 4.69) is 5.32 Å².